The van der Waals surface area contributed by atoms with Crippen molar-refractivity contribution < 1.29 is 9.53 Å². The van der Waals surface area contributed by atoms with Crippen LogP contribution in [-0.4, -0.2) is 13.1 Å². The second-order valence-electron chi connectivity index (χ2n) is 3.35. The third kappa shape index (κ3) is 3.94. The first-order chi connectivity index (χ1) is 7.54. The van der Waals surface area contributed by atoms with Crippen molar-refractivity contribution in [2.75, 3.05) is 7.11 Å². The van der Waals surface area contributed by atoms with Crippen molar-refractivity contribution in [3.05, 3.63) is 20.3 Å². The Bertz CT molecular complexity index is 368. The Labute approximate surface area is 108 Å². The summed E-state index contributed by atoms with van der Waals surface area (Å²) in [6.07, 6.45) is 1.74. The minimum atomic E-state index is -0.221. The molecule has 0 aliphatic heterocycles. The van der Waals surface area contributed by atoms with Crippen LogP contribution in [0.2, 0.25) is 8.67 Å². The highest BCUT2D eigenvalue weighted by molar-refractivity contribution is 7.20. The van der Waals surface area contributed by atoms with Gasteiger partial charge in [0, 0.05) is 12.5 Å². The zero-order chi connectivity index (χ0) is 12.1. The lowest BCUT2D eigenvalue weighted by atomic mass is 10.1. The molecule has 0 spiro atoms. The molecule has 0 bridgehead atoms. The van der Waals surface area contributed by atoms with Crippen LogP contribution in [0.4, 0.5) is 0 Å². The lowest BCUT2D eigenvalue weighted by molar-refractivity contribution is -0.140. The molecule has 1 aromatic rings. The molecule has 0 radical (unpaired) electrons. The van der Waals surface area contributed by atoms with Crippen molar-refractivity contribution in [1.29, 1.82) is 0 Å². The van der Waals surface area contributed by atoms with Crippen LogP contribution in [0.5, 0.6) is 0 Å². The number of methoxy groups -OCH3 is 1. The lowest BCUT2D eigenvalue weighted by Crippen LogP contribution is -2.10. The molecular weight excluding hydrogens is 269 g/mol. The average Bonchev–Trinajstić information content (AvgIpc) is 2.57. The van der Waals surface area contributed by atoms with Gasteiger partial charge < -0.3 is 10.5 Å². The van der Waals surface area contributed by atoms with Gasteiger partial charge >= 0.3 is 5.97 Å². The predicted molar refractivity (Wildman–Crippen MR) is 67.1 cm³/mol. The Morgan fingerprint density at radius 2 is 2.31 bits per heavy atom. The lowest BCUT2D eigenvalue weighted by Gasteiger charge is -2.09. The van der Waals surface area contributed by atoms with E-state index in [2.05, 4.69) is 4.74 Å². The van der Waals surface area contributed by atoms with Gasteiger partial charge in [-0.1, -0.05) is 23.2 Å². The Kier molecular flexibility index (Phi) is 5.55. The number of rotatable bonds is 5. The molecule has 0 amide bonds. The Balaban J connectivity index is 2.43. The zero-order valence-electron chi connectivity index (χ0n) is 8.83. The highest BCUT2D eigenvalue weighted by atomic mass is 35.5. The van der Waals surface area contributed by atoms with E-state index in [1.165, 1.54) is 18.4 Å². The fourth-order valence-corrected chi connectivity index (χ4v) is 2.93. The maximum absolute atomic E-state index is 10.9. The smallest absolute Gasteiger partial charge is 0.305 e. The molecule has 0 fully saturated rings. The fraction of sp³-hybridized carbons (Fsp3) is 0.500. The summed E-state index contributed by atoms with van der Waals surface area (Å²) in [4.78, 5) is 10.9. The molecule has 1 heterocycles. The molecule has 1 rings (SSSR count). The predicted octanol–water partition coefficient (Wildman–Crippen LogP) is 3.40. The van der Waals surface area contributed by atoms with E-state index in [4.69, 9.17) is 28.9 Å². The van der Waals surface area contributed by atoms with Crippen molar-refractivity contribution in [3.63, 3.8) is 0 Å². The third-order valence-corrected chi connectivity index (χ3v) is 3.72. The highest BCUT2D eigenvalue weighted by Gasteiger charge is 2.14. The van der Waals surface area contributed by atoms with Gasteiger partial charge in [0.25, 0.3) is 0 Å². The molecule has 1 unspecified atom stereocenters. The van der Waals surface area contributed by atoms with E-state index >= 15 is 0 Å². The maximum atomic E-state index is 10.9. The summed E-state index contributed by atoms with van der Waals surface area (Å²) in [7, 11) is 1.37. The molecule has 0 aliphatic rings. The fourth-order valence-electron chi connectivity index (χ4n) is 1.33. The van der Waals surface area contributed by atoms with Crippen molar-refractivity contribution in [1.82, 2.24) is 0 Å². The van der Waals surface area contributed by atoms with E-state index in [1.54, 1.807) is 6.07 Å². The van der Waals surface area contributed by atoms with Crippen LogP contribution in [-0.2, 0) is 9.53 Å². The first kappa shape index (κ1) is 13.8. The quantitative estimate of drug-likeness (QED) is 0.842. The molecule has 16 heavy (non-hydrogen) atoms. The van der Waals surface area contributed by atoms with E-state index in [9.17, 15) is 4.79 Å². The van der Waals surface area contributed by atoms with Crippen molar-refractivity contribution in [2.24, 2.45) is 5.73 Å². The van der Waals surface area contributed by atoms with E-state index in [1.807, 2.05) is 0 Å². The highest BCUT2D eigenvalue weighted by Crippen LogP contribution is 2.35. The first-order valence-corrected chi connectivity index (χ1v) is 6.39. The molecule has 90 valence electrons. The topological polar surface area (TPSA) is 52.3 Å². The number of halogens is 2. The normalized spacial score (nSPS) is 12.5. The number of hydrogen-bond acceptors (Lipinski definition) is 4. The van der Waals surface area contributed by atoms with Gasteiger partial charge in [-0.25, -0.2) is 0 Å². The monoisotopic (exact) mass is 281 g/mol. The van der Waals surface area contributed by atoms with Crippen LogP contribution in [0.1, 0.15) is 30.9 Å². The molecule has 0 aliphatic carbocycles. The molecule has 1 atom stereocenters. The molecule has 6 heteroatoms. The van der Waals surface area contributed by atoms with Gasteiger partial charge in [-0.15, -0.1) is 11.3 Å². The van der Waals surface area contributed by atoms with Crippen molar-refractivity contribution in [2.45, 2.75) is 25.3 Å². The summed E-state index contributed by atoms with van der Waals surface area (Å²) in [5.74, 6) is -0.221. The number of carbonyl (C=O) groups is 1. The summed E-state index contributed by atoms with van der Waals surface area (Å²) in [5, 5.41) is 0. The van der Waals surface area contributed by atoms with Crippen LogP contribution >= 0.6 is 34.5 Å². The van der Waals surface area contributed by atoms with Gasteiger partial charge in [0.15, 0.2) is 0 Å². The summed E-state index contributed by atoms with van der Waals surface area (Å²) in [6, 6.07) is 1.60. The number of ether oxygens (including phenoxy) is 1. The van der Waals surface area contributed by atoms with Crippen LogP contribution in [0.15, 0.2) is 6.07 Å². The van der Waals surface area contributed by atoms with Gasteiger partial charge in [0.1, 0.15) is 0 Å². The molecule has 3 nitrogen and oxygen atoms in total. The standard InChI is InChI=1S/C10H13Cl2NO2S/c1-15-9(14)4-2-3-7(13)6-5-8(11)16-10(6)12/h5,7H,2-4,13H2,1H3. The zero-order valence-corrected chi connectivity index (χ0v) is 11.2. The van der Waals surface area contributed by atoms with E-state index in [0.717, 1.165) is 5.56 Å². The number of esters is 1. The summed E-state index contributed by atoms with van der Waals surface area (Å²) < 4.78 is 5.79. The number of nitrogens with two attached hydrogens (primary N) is 1. The Morgan fingerprint density at radius 1 is 1.62 bits per heavy atom. The second kappa shape index (κ2) is 6.45. The van der Waals surface area contributed by atoms with Crippen LogP contribution in [0, 0.1) is 0 Å². The Hall–Kier alpha value is -0.290. The number of thiophene rings is 1. The van der Waals surface area contributed by atoms with E-state index in [-0.39, 0.29) is 12.0 Å². The maximum Gasteiger partial charge on any atom is 0.305 e. The van der Waals surface area contributed by atoms with Gasteiger partial charge in [0.05, 0.1) is 15.8 Å². The van der Waals surface area contributed by atoms with Crippen LogP contribution in [0.3, 0.4) is 0 Å². The molecule has 2 N–H and O–H groups in total. The van der Waals surface area contributed by atoms with Gasteiger partial charge in [-0.2, -0.15) is 0 Å². The molecule has 0 aromatic carbocycles. The molecule has 0 saturated carbocycles. The summed E-state index contributed by atoms with van der Waals surface area (Å²) in [5.41, 5.74) is 6.80. The minimum absolute atomic E-state index is 0.180. The largest absolute Gasteiger partial charge is 0.469 e. The van der Waals surface area contributed by atoms with Crippen molar-refractivity contribution in [3.8, 4) is 0 Å². The second-order valence-corrected chi connectivity index (χ2v) is 5.64. The molecule has 0 saturated heterocycles. The summed E-state index contributed by atoms with van der Waals surface area (Å²) >= 11 is 13.1. The van der Waals surface area contributed by atoms with Crippen LogP contribution < -0.4 is 5.73 Å². The van der Waals surface area contributed by atoms with E-state index in [0.29, 0.717) is 27.9 Å². The SMILES string of the molecule is COC(=O)CCCC(N)c1cc(Cl)sc1Cl. The molecular formula is C10H13Cl2NO2S. The minimum Gasteiger partial charge on any atom is -0.469 e. The van der Waals surface area contributed by atoms with Gasteiger partial charge in [-0.05, 0) is 24.5 Å². The van der Waals surface area contributed by atoms with Gasteiger partial charge in [0.2, 0.25) is 0 Å². The Morgan fingerprint density at radius 3 is 2.81 bits per heavy atom. The first-order valence-electron chi connectivity index (χ1n) is 4.81. The van der Waals surface area contributed by atoms with E-state index < -0.39 is 0 Å². The summed E-state index contributed by atoms with van der Waals surface area (Å²) in [6.45, 7) is 0. The van der Waals surface area contributed by atoms with Crippen LogP contribution in [0.25, 0.3) is 0 Å². The van der Waals surface area contributed by atoms with Gasteiger partial charge in [-0.3, -0.25) is 4.79 Å². The third-order valence-electron chi connectivity index (χ3n) is 2.21. The number of carbonyl (C=O) groups excluding carboxylic acids is 1. The number of hydrogen-bond donors (Lipinski definition) is 1. The average molecular weight is 282 g/mol. The van der Waals surface area contributed by atoms with Crippen molar-refractivity contribution >= 4 is 40.5 Å². The molecule has 1 aromatic heterocycles.